The molecule has 0 spiro atoms. The van der Waals surface area contributed by atoms with Crippen LogP contribution in [0.5, 0.6) is 0 Å². The quantitative estimate of drug-likeness (QED) is 0.907. The smallest absolute Gasteiger partial charge is 0.233 e. The molecule has 2 heterocycles. The lowest BCUT2D eigenvalue weighted by Crippen LogP contribution is -2.15. The molecule has 0 radical (unpaired) electrons. The van der Waals surface area contributed by atoms with Gasteiger partial charge in [0.2, 0.25) is 11.7 Å². The lowest BCUT2D eigenvalue weighted by molar-refractivity contribution is 0.164. The Morgan fingerprint density at radius 1 is 1.42 bits per heavy atom. The minimum absolute atomic E-state index is 0.140. The van der Waals surface area contributed by atoms with Gasteiger partial charge in [0.15, 0.2) is 0 Å². The number of aromatic nitrogens is 2. The first-order valence-electron chi connectivity index (χ1n) is 5.70. The largest absolute Gasteiger partial charge is 0.391 e. The van der Waals surface area contributed by atoms with Crippen molar-refractivity contribution in [1.29, 1.82) is 0 Å². The molecule has 3 rings (SSSR count). The summed E-state index contributed by atoms with van der Waals surface area (Å²) in [6.07, 6.45) is -0.464. The van der Waals surface area contributed by atoms with Crippen molar-refractivity contribution in [2.75, 3.05) is 11.5 Å². The summed E-state index contributed by atoms with van der Waals surface area (Å²) in [5.41, 5.74) is 0.537. The molecule has 19 heavy (non-hydrogen) atoms. The van der Waals surface area contributed by atoms with Gasteiger partial charge < -0.3 is 9.63 Å². The molecule has 4 nitrogen and oxygen atoms in total. The molecule has 2 atom stereocenters. The van der Waals surface area contributed by atoms with Crippen molar-refractivity contribution in [3.05, 3.63) is 34.4 Å². The molecule has 1 fully saturated rings. The van der Waals surface area contributed by atoms with E-state index in [9.17, 15) is 9.50 Å². The summed E-state index contributed by atoms with van der Waals surface area (Å²) >= 11 is 4.98. The second-order valence-corrected chi connectivity index (χ2v) is 6.22. The second-order valence-electron chi connectivity index (χ2n) is 4.29. The number of rotatable bonds is 2. The van der Waals surface area contributed by atoms with Gasteiger partial charge in [-0.2, -0.15) is 16.7 Å². The number of halogens is 2. The summed E-state index contributed by atoms with van der Waals surface area (Å²) < 4.78 is 19.1. The van der Waals surface area contributed by atoms with E-state index in [0.717, 1.165) is 5.75 Å². The summed E-state index contributed by atoms with van der Waals surface area (Å²) in [5.74, 6) is 1.66. The van der Waals surface area contributed by atoms with Gasteiger partial charge in [0, 0.05) is 21.5 Å². The van der Waals surface area contributed by atoms with E-state index >= 15 is 0 Å². The number of hydrogen-bond donors (Lipinski definition) is 1. The highest BCUT2D eigenvalue weighted by atomic mass is 79.9. The first-order chi connectivity index (χ1) is 9.15. The molecule has 0 bridgehead atoms. The lowest BCUT2D eigenvalue weighted by atomic mass is 10.1. The molecule has 7 heteroatoms. The van der Waals surface area contributed by atoms with Crippen LogP contribution in [0.2, 0.25) is 0 Å². The van der Waals surface area contributed by atoms with Gasteiger partial charge in [-0.1, -0.05) is 21.1 Å². The molecule has 100 valence electrons. The monoisotopic (exact) mass is 344 g/mol. The zero-order valence-electron chi connectivity index (χ0n) is 9.72. The van der Waals surface area contributed by atoms with Gasteiger partial charge in [-0.15, -0.1) is 0 Å². The van der Waals surface area contributed by atoms with Crippen LogP contribution in [0.1, 0.15) is 11.8 Å². The van der Waals surface area contributed by atoms with E-state index in [1.165, 1.54) is 12.1 Å². The van der Waals surface area contributed by atoms with Gasteiger partial charge in [0.05, 0.1) is 12.0 Å². The van der Waals surface area contributed by atoms with Crippen LogP contribution in [0.3, 0.4) is 0 Å². The SMILES string of the molecule is OC1CSCC1c1nc(-c2cc(F)ccc2Br)no1. The highest BCUT2D eigenvalue weighted by Crippen LogP contribution is 2.34. The van der Waals surface area contributed by atoms with Crippen LogP contribution in [0.4, 0.5) is 4.39 Å². The number of aliphatic hydroxyl groups is 1. The van der Waals surface area contributed by atoms with Gasteiger partial charge in [-0.05, 0) is 18.2 Å². The number of nitrogens with zero attached hydrogens (tertiary/aromatic N) is 2. The van der Waals surface area contributed by atoms with Crippen molar-refractivity contribution in [2.45, 2.75) is 12.0 Å². The standard InChI is InChI=1S/C12H10BrFN2O2S/c13-9-2-1-6(14)3-7(9)11-15-12(18-16-11)8-4-19-5-10(8)17/h1-3,8,10,17H,4-5H2. The van der Waals surface area contributed by atoms with Crippen molar-refractivity contribution >= 4 is 27.7 Å². The van der Waals surface area contributed by atoms with Gasteiger partial charge in [0.1, 0.15) is 5.82 Å². The number of thioether (sulfide) groups is 1. The molecule has 0 aliphatic carbocycles. The third-order valence-electron chi connectivity index (χ3n) is 2.98. The zero-order chi connectivity index (χ0) is 13.4. The minimum atomic E-state index is -0.464. The van der Waals surface area contributed by atoms with Crippen LogP contribution in [0.15, 0.2) is 27.2 Å². The molecule has 1 aromatic carbocycles. The maximum atomic E-state index is 13.3. The Hall–Kier alpha value is -0.920. The fourth-order valence-electron chi connectivity index (χ4n) is 1.94. The van der Waals surface area contributed by atoms with Gasteiger partial charge in [-0.25, -0.2) is 4.39 Å². The lowest BCUT2D eigenvalue weighted by Gasteiger charge is -2.06. The van der Waals surface area contributed by atoms with E-state index in [1.807, 2.05) is 0 Å². The fourth-order valence-corrected chi connectivity index (χ4v) is 3.60. The van der Waals surface area contributed by atoms with Crippen molar-refractivity contribution < 1.29 is 14.0 Å². The summed E-state index contributed by atoms with van der Waals surface area (Å²) in [5, 5.41) is 13.7. The molecule has 2 aromatic rings. The average Bonchev–Trinajstić information content (AvgIpc) is 3.00. The van der Waals surface area contributed by atoms with Crippen LogP contribution in [-0.2, 0) is 0 Å². The maximum absolute atomic E-state index is 13.3. The van der Waals surface area contributed by atoms with Crippen LogP contribution >= 0.6 is 27.7 Å². The molecule has 1 aliphatic heterocycles. The van der Waals surface area contributed by atoms with E-state index in [-0.39, 0.29) is 11.7 Å². The first-order valence-corrected chi connectivity index (χ1v) is 7.65. The highest BCUT2D eigenvalue weighted by Gasteiger charge is 2.32. The first kappa shape index (κ1) is 13.1. The molecule has 0 amide bonds. The zero-order valence-corrected chi connectivity index (χ0v) is 12.1. The van der Waals surface area contributed by atoms with Crippen LogP contribution in [0.25, 0.3) is 11.4 Å². The Labute approximate surface area is 121 Å². The Kier molecular flexibility index (Phi) is 3.60. The number of aliphatic hydroxyl groups excluding tert-OH is 1. The predicted octanol–water partition coefficient (Wildman–Crippen LogP) is 2.83. The van der Waals surface area contributed by atoms with E-state index in [4.69, 9.17) is 4.52 Å². The third kappa shape index (κ3) is 2.54. The van der Waals surface area contributed by atoms with Crippen molar-refractivity contribution in [1.82, 2.24) is 10.1 Å². The van der Waals surface area contributed by atoms with Gasteiger partial charge in [-0.3, -0.25) is 0 Å². The van der Waals surface area contributed by atoms with Crippen LogP contribution in [-0.4, -0.2) is 32.9 Å². The highest BCUT2D eigenvalue weighted by molar-refractivity contribution is 9.10. The number of hydrogen-bond acceptors (Lipinski definition) is 5. The van der Waals surface area contributed by atoms with E-state index in [0.29, 0.717) is 27.5 Å². The van der Waals surface area contributed by atoms with E-state index < -0.39 is 6.10 Å². The molecular formula is C12H10BrFN2O2S. The molecular weight excluding hydrogens is 335 g/mol. The predicted molar refractivity (Wildman–Crippen MR) is 73.5 cm³/mol. The molecule has 1 aromatic heterocycles. The second kappa shape index (κ2) is 5.22. The maximum Gasteiger partial charge on any atom is 0.233 e. The Balaban J connectivity index is 1.94. The summed E-state index contributed by atoms with van der Waals surface area (Å²) in [4.78, 5) is 4.27. The third-order valence-corrected chi connectivity index (χ3v) is 4.84. The van der Waals surface area contributed by atoms with Crippen LogP contribution in [0, 0.1) is 5.82 Å². The molecule has 1 aliphatic rings. The molecule has 0 saturated carbocycles. The molecule has 1 saturated heterocycles. The van der Waals surface area contributed by atoms with Gasteiger partial charge >= 0.3 is 0 Å². The minimum Gasteiger partial charge on any atom is -0.391 e. The summed E-state index contributed by atoms with van der Waals surface area (Å²) in [6.45, 7) is 0. The van der Waals surface area contributed by atoms with Gasteiger partial charge in [0.25, 0.3) is 0 Å². The number of benzene rings is 1. The normalized spacial score (nSPS) is 22.9. The Bertz CT molecular complexity index is 607. The summed E-state index contributed by atoms with van der Waals surface area (Å²) in [6, 6.07) is 4.30. The van der Waals surface area contributed by atoms with Crippen molar-refractivity contribution in [3.8, 4) is 11.4 Å². The van der Waals surface area contributed by atoms with E-state index in [2.05, 4.69) is 26.1 Å². The molecule has 2 unspecified atom stereocenters. The fraction of sp³-hybridized carbons (Fsp3) is 0.333. The topological polar surface area (TPSA) is 59.2 Å². The average molecular weight is 345 g/mol. The molecule has 1 N–H and O–H groups in total. The van der Waals surface area contributed by atoms with Crippen LogP contribution < -0.4 is 0 Å². The van der Waals surface area contributed by atoms with E-state index in [1.54, 1.807) is 17.8 Å². The van der Waals surface area contributed by atoms with Crippen molar-refractivity contribution in [2.24, 2.45) is 0 Å². The Morgan fingerprint density at radius 3 is 3.00 bits per heavy atom. The Morgan fingerprint density at radius 2 is 2.26 bits per heavy atom. The van der Waals surface area contributed by atoms with Crippen molar-refractivity contribution in [3.63, 3.8) is 0 Å². The summed E-state index contributed by atoms with van der Waals surface area (Å²) in [7, 11) is 0.